The molecule has 0 bridgehead atoms. The summed E-state index contributed by atoms with van der Waals surface area (Å²) in [5, 5.41) is -7.38. The third-order valence-corrected chi connectivity index (χ3v) is 14.2. The van der Waals surface area contributed by atoms with Gasteiger partial charge in [-0.05, 0) is 23.8 Å². The lowest BCUT2D eigenvalue weighted by molar-refractivity contribution is 0.329. The Morgan fingerprint density at radius 1 is 0.446 bits per heavy atom. The van der Waals surface area contributed by atoms with Crippen molar-refractivity contribution in [3.8, 4) is 0 Å². The van der Waals surface area contributed by atoms with E-state index in [1.54, 1.807) is 0 Å². The Hall–Kier alpha value is -4.21. The van der Waals surface area contributed by atoms with Crippen molar-refractivity contribution in [2.45, 2.75) is 12.8 Å². The van der Waals surface area contributed by atoms with E-state index in [4.69, 9.17) is 51.1 Å². The first-order valence-electron chi connectivity index (χ1n) is 16.8. The van der Waals surface area contributed by atoms with Gasteiger partial charge < -0.3 is 4.65 Å². The average molecular weight is 1050 g/mol. The van der Waals surface area contributed by atoms with Gasteiger partial charge in [-0.15, -0.1) is 46.4 Å². The van der Waals surface area contributed by atoms with Crippen LogP contribution in [0.3, 0.4) is 0 Å². The number of rotatable bonds is 6. The fourth-order valence-corrected chi connectivity index (χ4v) is 12.3. The van der Waals surface area contributed by atoms with Crippen LogP contribution in [0.25, 0.3) is 6.08 Å². The van der Waals surface area contributed by atoms with Crippen molar-refractivity contribution in [2.75, 3.05) is 10.7 Å². The number of hydrogen-bond donors (Lipinski definition) is 0. The Balaban J connectivity index is 0.00000146. The van der Waals surface area contributed by atoms with Crippen LogP contribution >= 0.6 is 53.7 Å². The van der Waals surface area contributed by atoms with E-state index in [9.17, 15) is 17.6 Å². The minimum Gasteiger partial charge on any atom is -0.541 e. The van der Waals surface area contributed by atoms with Gasteiger partial charge >= 0.3 is 0 Å². The Morgan fingerprint density at radius 2 is 0.708 bits per heavy atom. The largest absolute Gasteiger partial charge is 0.541 e. The summed E-state index contributed by atoms with van der Waals surface area (Å²) in [6.07, 6.45) is -5.56. The Kier molecular flexibility index (Phi) is 17.1. The molecule has 65 heavy (non-hydrogen) atoms. The first-order chi connectivity index (χ1) is 30.4. The van der Waals surface area contributed by atoms with Gasteiger partial charge in [-0.3, -0.25) is 0 Å². The van der Waals surface area contributed by atoms with Crippen molar-refractivity contribution in [2.24, 2.45) is 0 Å². The van der Waals surface area contributed by atoms with E-state index in [2.05, 4.69) is 0 Å². The molecule has 350 valence electrons. The zero-order valence-electron chi connectivity index (χ0n) is 31.1. The van der Waals surface area contributed by atoms with Gasteiger partial charge in [0, 0.05) is 0 Å². The molecule has 0 amide bonds. The van der Waals surface area contributed by atoms with E-state index in [0.717, 1.165) is 12.1 Å². The molecule has 27 heteroatoms. The minimum atomic E-state index is -6.88. The van der Waals surface area contributed by atoms with Crippen LogP contribution < -0.4 is 21.5 Å². The number of benzene rings is 5. The third-order valence-electron chi connectivity index (χ3n) is 9.48. The van der Waals surface area contributed by atoms with Gasteiger partial charge in [-0.1, -0.05) is 53.4 Å². The molecule has 5 aromatic carbocycles. The molecule has 0 N–H and O–H groups in total. The van der Waals surface area contributed by atoms with Gasteiger partial charge in [0.2, 0.25) is 64.5 Å². The van der Waals surface area contributed by atoms with Gasteiger partial charge in [0.25, 0.3) is 0 Å². The van der Waals surface area contributed by atoms with Crippen LogP contribution in [0, 0.1) is 116 Å². The second-order valence-electron chi connectivity index (χ2n) is 12.5. The van der Waals surface area contributed by atoms with Gasteiger partial charge in [0.1, 0.15) is 30.5 Å². The molecule has 1 aliphatic rings. The maximum Gasteiger partial charge on any atom is 0.249 e. The number of halogens is 24. The van der Waals surface area contributed by atoms with Crippen LogP contribution in [0.1, 0.15) is 12.5 Å². The molecule has 1 atom stereocenters. The molecule has 0 radical (unpaired) electrons. The third kappa shape index (κ3) is 8.44. The SMILES string of the molecule is C/C=C1/[B-](c2c(F)c(F)c(F)c(F)c2F)(c2c(F)c(F)c(F)c(F)c2F)O[C@H](/C=C/c2ccccc2)[P+]1(c1c(F)c(F)c(F)c(F)c1F)c1c(F)c(F)c(F)c(F)c1F.ClCCl.ClCCl. The summed E-state index contributed by atoms with van der Waals surface area (Å²) in [4.78, 5) is 0. The molecule has 0 aromatic heterocycles. The fourth-order valence-electron chi connectivity index (χ4n) is 7.14. The molecule has 1 aliphatic heterocycles. The minimum absolute atomic E-state index is 0.115. The molecule has 0 spiro atoms. The number of allylic oxidation sites excluding steroid dienone is 1. The summed E-state index contributed by atoms with van der Waals surface area (Å²) in [6, 6.07) is 5.85. The lowest BCUT2D eigenvalue weighted by atomic mass is 9.31. The first kappa shape index (κ1) is 53.4. The summed E-state index contributed by atoms with van der Waals surface area (Å²) in [6.45, 7) is 0.323. The second-order valence-corrected chi connectivity index (χ2v) is 17.5. The summed E-state index contributed by atoms with van der Waals surface area (Å²) < 4.78 is 315. The Bertz CT molecular complexity index is 2490. The van der Waals surface area contributed by atoms with Gasteiger partial charge in [0.15, 0.2) is 51.4 Å². The molecule has 0 saturated carbocycles. The standard InChI is InChI=1S/C36H12BF20OP.2CH2Cl2/c1-2-11-37(13-15(38)19(42)23(46)20(43)16(13)39,14-17(40)21(44)24(47)22(45)18(14)41)58-12(9-8-10-6-4-3-5-7-10)59(11,35-31(54)27(50)25(48)28(51)32(35)55)36-33(56)29(52)26(49)30(53)34(36)57;2*2-1-3/h2-9,12H,1H3;2*1H2/b9-8+,11-2-;;/t12-;;/m0../s1. The quantitative estimate of drug-likeness (QED) is 0.0411. The lowest BCUT2D eigenvalue weighted by Gasteiger charge is -2.39. The van der Waals surface area contributed by atoms with Crippen molar-refractivity contribution in [3.05, 3.63) is 170 Å². The maximum atomic E-state index is 16.4. The average Bonchev–Trinajstić information content (AvgIpc) is 3.55. The van der Waals surface area contributed by atoms with Crippen LogP contribution in [0.2, 0.25) is 0 Å². The van der Waals surface area contributed by atoms with E-state index in [0.29, 0.717) is 13.0 Å². The van der Waals surface area contributed by atoms with Crippen molar-refractivity contribution < 1.29 is 92.5 Å². The van der Waals surface area contributed by atoms with Gasteiger partial charge in [-0.2, -0.15) is 17.6 Å². The topological polar surface area (TPSA) is 9.23 Å². The first-order valence-corrected chi connectivity index (χ1v) is 20.8. The number of hydrogen-bond acceptors (Lipinski definition) is 1. The summed E-state index contributed by atoms with van der Waals surface area (Å²) in [5.74, 6) is -67.4. The molecule has 0 aliphatic carbocycles. The predicted molar refractivity (Wildman–Crippen MR) is 203 cm³/mol. The van der Waals surface area contributed by atoms with E-state index in [1.165, 1.54) is 18.2 Å². The summed E-state index contributed by atoms with van der Waals surface area (Å²) in [5.41, 5.74) is -6.00. The highest BCUT2D eigenvalue weighted by Crippen LogP contribution is 2.76. The van der Waals surface area contributed by atoms with Gasteiger partial charge in [0.05, 0.1) is 10.7 Å². The van der Waals surface area contributed by atoms with Crippen LogP contribution in [0.4, 0.5) is 87.8 Å². The van der Waals surface area contributed by atoms with Crippen LogP contribution in [-0.2, 0) is 4.65 Å². The number of alkyl halides is 4. The smallest absolute Gasteiger partial charge is 0.249 e. The highest BCUT2D eigenvalue weighted by molar-refractivity contribution is 7.97. The maximum absolute atomic E-state index is 16.4. The van der Waals surface area contributed by atoms with Gasteiger partial charge in [-0.25, -0.2) is 70.2 Å². The van der Waals surface area contributed by atoms with E-state index in [-0.39, 0.29) is 28.4 Å². The molecule has 1 nitrogen and oxygen atoms in total. The molecule has 6 rings (SSSR count). The predicted octanol–water partition coefficient (Wildman–Crippen LogP) is 12.6. The van der Waals surface area contributed by atoms with Crippen LogP contribution in [0.5, 0.6) is 0 Å². The van der Waals surface area contributed by atoms with Crippen molar-refractivity contribution in [3.63, 3.8) is 0 Å². The second kappa shape index (κ2) is 20.8. The normalized spacial score (nSPS) is 15.9. The van der Waals surface area contributed by atoms with Crippen LogP contribution in [0.15, 0.2) is 47.7 Å². The molecule has 1 saturated heterocycles. The lowest BCUT2D eigenvalue weighted by Crippen LogP contribution is -2.66. The molecule has 5 aromatic rings. The zero-order valence-corrected chi connectivity index (χ0v) is 35.0. The molecule has 0 unspecified atom stereocenters. The highest BCUT2D eigenvalue weighted by atomic mass is 35.5. The Labute approximate surface area is 372 Å². The molecular formula is C38H16BCl4F20OP. The molecule has 1 fully saturated rings. The van der Waals surface area contributed by atoms with Crippen molar-refractivity contribution >= 4 is 87.6 Å². The highest BCUT2D eigenvalue weighted by Gasteiger charge is 2.71. The van der Waals surface area contributed by atoms with Crippen molar-refractivity contribution in [1.82, 2.24) is 0 Å². The Morgan fingerprint density at radius 3 is 0.985 bits per heavy atom. The monoisotopic (exact) mass is 1050 g/mol. The van der Waals surface area contributed by atoms with E-state index >= 15 is 70.2 Å². The summed E-state index contributed by atoms with van der Waals surface area (Å²) >= 11 is 19.1. The van der Waals surface area contributed by atoms with Crippen LogP contribution in [-0.4, -0.2) is 22.9 Å². The molecule has 1 heterocycles. The van der Waals surface area contributed by atoms with E-state index < -0.39 is 163 Å². The summed E-state index contributed by atoms with van der Waals surface area (Å²) in [7, 11) is -6.88. The van der Waals surface area contributed by atoms with E-state index in [1.807, 2.05) is 0 Å². The fraction of sp³-hybridized carbons (Fsp3) is 0.105. The van der Waals surface area contributed by atoms with Crippen molar-refractivity contribution in [1.29, 1.82) is 0 Å². The molecular weight excluding hydrogens is 1040 g/mol. The zero-order chi connectivity index (χ0) is 49.4.